The maximum Gasteiger partial charge on any atom is 0.251 e. The van der Waals surface area contributed by atoms with Crippen LogP contribution in [-0.4, -0.2) is 19.1 Å². The molecule has 2 aliphatic rings. The molecule has 0 spiro atoms. The lowest BCUT2D eigenvalue weighted by molar-refractivity contribution is 0.0922. The Bertz CT molecular complexity index is 503. The monoisotopic (exact) mass is 263 g/mol. The lowest BCUT2D eigenvalue weighted by Crippen LogP contribution is -2.38. The van der Waals surface area contributed by atoms with E-state index in [0.717, 1.165) is 12.3 Å². The summed E-state index contributed by atoms with van der Waals surface area (Å²) in [4.78, 5) is 12.1. The van der Waals surface area contributed by atoms with Crippen molar-refractivity contribution in [2.75, 3.05) is 7.11 Å². The molecule has 1 amide bonds. The number of amides is 1. The fourth-order valence-electron chi connectivity index (χ4n) is 3.48. The lowest BCUT2D eigenvalue weighted by atomic mass is 9.95. The molecule has 0 aliphatic heterocycles. The number of halogens is 1. The highest BCUT2D eigenvalue weighted by Crippen LogP contribution is 2.44. The van der Waals surface area contributed by atoms with Crippen LogP contribution in [0.25, 0.3) is 0 Å². The highest BCUT2D eigenvalue weighted by Gasteiger charge is 2.40. The van der Waals surface area contributed by atoms with Crippen LogP contribution in [0.5, 0.6) is 5.75 Å². The van der Waals surface area contributed by atoms with E-state index in [4.69, 9.17) is 4.74 Å². The first-order valence-electron chi connectivity index (χ1n) is 6.82. The van der Waals surface area contributed by atoms with Gasteiger partial charge in [0.25, 0.3) is 5.91 Å². The van der Waals surface area contributed by atoms with Crippen molar-refractivity contribution in [3.63, 3.8) is 0 Å². The van der Waals surface area contributed by atoms with E-state index >= 15 is 0 Å². The molecule has 2 fully saturated rings. The molecule has 4 heteroatoms. The van der Waals surface area contributed by atoms with E-state index < -0.39 is 5.82 Å². The Kier molecular flexibility index (Phi) is 3.17. The summed E-state index contributed by atoms with van der Waals surface area (Å²) < 4.78 is 18.4. The Morgan fingerprint density at radius 3 is 2.79 bits per heavy atom. The summed E-state index contributed by atoms with van der Waals surface area (Å²) in [6.07, 6.45) is 4.83. The van der Waals surface area contributed by atoms with Gasteiger partial charge in [-0.2, -0.15) is 0 Å². The molecule has 2 aliphatic carbocycles. The molecule has 102 valence electrons. The average Bonchev–Trinajstić information content (AvgIpc) is 3.00. The normalized spacial score (nSPS) is 28.4. The molecule has 1 N–H and O–H groups in total. The molecular weight excluding hydrogens is 245 g/mol. The molecule has 3 atom stereocenters. The largest absolute Gasteiger partial charge is 0.494 e. The van der Waals surface area contributed by atoms with Crippen molar-refractivity contribution in [1.82, 2.24) is 5.32 Å². The van der Waals surface area contributed by atoms with Gasteiger partial charge in [-0.05, 0) is 49.3 Å². The number of rotatable bonds is 3. The number of benzene rings is 1. The third kappa shape index (κ3) is 2.31. The average molecular weight is 263 g/mol. The van der Waals surface area contributed by atoms with Crippen molar-refractivity contribution in [2.45, 2.75) is 31.7 Å². The topological polar surface area (TPSA) is 38.3 Å². The first-order chi connectivity index (χ1) is 9.17. The molecule has 0 aromatic heterocycles. The number of ether oxygens (including phenoxy) is 1. The summed E-state index contributed by atoms with van der Waals surface area (Å²) in [5, 5.41) is 3.04. The van der Waals surface area contributed by atoms with Crippen molar-refractivity contribution >= 4 is 5.91 Å². The van der Waals surface area contributed by atoms with Crippen molar-refractivity contribution in [3.8, 4) is 5.75 Å². The molecule has 3 nitrogen and oxygen atoms in total. The van der Waals surface area contributed by atoms with Crippen LogP contribution in [0, 0.1) is 17.7 Å². The number of fused-ring (bicyclic) bond motifs is 2. The van der Waals surface area contributed by atoms with E-state index in [-0.39, 0.29) is 17.7 Å². The van der Waals surface area contributed by atoms with Gasteiger partial charge in [0, 0.05) is 11.6 Å². The standard InChI is InChI=1S/C15H18FNO2/c1-19-14-5-4-11(8-12(14)16)15(18)17-13-7-9-2-3-10(13)6-9/h4-5,8-10,13H,2-3,6-7H2,1H3,(H,17,18). The van der Waals surface area contributed by atoms with E-state index in [2.05, 4.69) is 5.32 Å². The van der Waals surface area contributed by atoms with Gasteiger partial charge in [-0.3, -0.25) is 4.79 Å². The van der Waals surface area contributed by atoms with E-state index in [9.17, 15) is 9.18 Å². The van der Waals surface area contributed by atoms with Gasteiger partial charge in [0.15, 0.2) is 11.6 Å². The van der Waals surface area contributed by atoms with Gasteiger partial charge in [0.05, 0.1) is 7.11 Å². The molecule has 19 heavy (non-hydrogen) atoms. The van der Waals surface area contributed by atoms with Gasteiger partial charge in [-0.15, -0.1) is 0 Å². The molecule has 1 aromatic rings. The second kappa shape index (κ2) is 4.83. The SMILES string of the molecule is COc1ccc(C(=O)NC2CC3CCC2C3)cc1F. The Hall–Kier alpha value is -1.58. The summed E-state index contributed by atoms with van der Waals surface area (Å²) in [7, 11) is 1.41. The first-order valence-corrected chi connectivity index (χ1v) is 6.82. The quantitative estimate of drug-likeness (QED) is 0.910. The van der Waals surface area contributed by atoms with Gasteiger partial charge in [0.1, 0.15) is 0 Å². The minimum Gasteiger partial charge on any atom is -0.494 e. The van der Waals surface area contributed by atoms with Gasteiger partial charge < -0.3 is 10.1 Å². The Balaban J connectivity index is 1.69. The first kappa shape index (κ1) is 12.5. The summed E-state index contributed by atoms with van der Waals surface area (Å²) in [6, 6.07) is 4.60. The van der Waals surface area contributed by atoms with E-state index in [1.165, 1.54) is 38.5 Å². The summed E-state index contributed by atoms with van der Waals surface area (Å²) in [5.41, 5.74) is 0.362. The maximum absolute atomic E-state index is 13.6. The van der Waals surface area contributed by atoms with Gasteiger partial charge in [-0.1, -0.05) is 6.42 Å². The van der Waals surface area contributed by atoms with Crippen molar-refractivity contribution in [2.24, 2.45) is 11.8 Å². The van der Waals surface area contributed by atoms with Crippen LogP contribution < -0.4 is 10.1 Å². The number of hydrogen-bond donors (Lipinski definition) is 1. The number of hydrogen-bond acceptors (Lipinski definition) is 2. The lowest BCUT2D eigenvalue weighted by Gasteiger charge is -2.22. The number of carbonyl (C=O) groups excluding carboxylic acids is 1. The Morgan fingerprint density at radius 2 is 2.21 bits per heavy atom. The van der Waals surface area contributed by atoms with Crippen LogP contribution in [0.4, 0.5) is 4.39 Å². The minimum absolute atomic E-state index is 0.163. The third-order valence-electron chi connectivity index (χ3n) is 4.47. The molecule has 0 saturated heterocycles. The Labute approximate surface area is 112 Å². The molecule has 1 aromatic carbocycles. The van der Waals surface area contributed by atoms with Crippen LogP contribution in [0.15, 0.2) is 18.2 Å². The van der Waals surface area contributed by atoms with Gasteiger partial charge in [0.2, 0.25) is 0 Å². The summed E-state index contributed by atoms with van der Waals surface area (Å²) >= 11 is 0. The maximum atomic E-state index is 13.6. The molecule has 3 unspecified atom stereocenters. The number of nitrogens with one attached hydrogen (secondary N) is 1. The van der Waals surface area contributed by atoms with Crippen molar-refractivity contribution in [3.05, 3.63) is 29.6 Å². The fraction of sp³-hybridized carbons (Fsp3) is 0.533. The van der Waals surface area contributed by atoms with Crippen LogP contribution >= 0.6 is 0 Å². The molecule has 2 bridgehead atoms. The number of carbonyl (C=O) groups is 1. The van der Waals surface area contributed by atoms with Crippen molar-refractivity contribution in [1.29, 1.82) is 0 Å². The molecule has 0 radical (unpaired) electrons. The molecule has 2 saturated carbocycles. The number of methoxy groups -OCH3 is 1. The van der Waals surface area contributed by atoms with Gasteiger partial charge in [-0.25, -0.2) is 4.39 Å². The Morgan fingerprint density at radius 1 is 1.37 bits per heavy atom. The van der Waals surface area contributed by atoms with Crippen LogP contribution in [0.3, 0.4) is 0 Å². The molecule has 0 heterocycles. The summed E-state index contributed by atoms with van der Waals surface area (Å²) in [6.45, 7) is 0. The zero-order valence-corrected chi connectivity index (χ0v) is 11.0. The molecular formula is C15H18FNO2. The van der Waals surface area contributed by atoms with E-state index in [1.54, 1.807) is 6.07 Å². The van der Waals surface area contributed by atoms with E-state index in [0.29, 0.717) is 11.5 Å². The minimum atomic E-state index is -0.497. The molecule has 3 rings (SSSR count). The van der Waals surface area contributed by atoms with Crippen LogP contribution in [0.2, 0.25) is 0 Å². The second-order valence-electron chi connectivity index (χ2n) is 5.60. The van der Waals surface area contributed by atoms with Crippen molar-refractivity contribution < 1.29 is 13.9 Å². The predicted molar refractivity (Wildman–Crippen MR) is 69.7 cm³/mol. The van der Waals surface area contributed by atoms with E-state index in [1.807, 2.05) is 0 Å². The second-order valence-corrected chi connectivity index (χ2v) is 5.60. The van der Waals surface area contributed by atoms with Crippen LogP contribution in [-0.2, 0) is 0 Å². The zero-order valence-electron chi connectivity index (χ0n) is 11.0. The highest BCUT2D eigenvalue weighted by molar-refractivity contribution is 5.94. The summed E-state index contributed by atoms with van der Waals surface area (Å²) in [5.74, 6) is 0.888. The smallest absolute Gasteiger partial charge is 0.251 e. The van der Waals surface area contributed by atoms with Crippen LogP contribution in [0.1, 0.15) is 36.0 Å². The third-order valence-corrected chi connectivity index (χ3v) is 4.47. The highest BCUT2D eigenvalue weighted by atomic mass is 19.1. The predicted octanol–water partition coefficient (Wildman–Crippen LogP) is 2.75. The zero-order chi connectivity index (χ0) is 13.4. The van der Waals surface area contributed by atoms with Gasteiger partial charge >= 0.3 is 0 Å². The fourth-order valence-corrected chi connectivity index (χ4v) is 3.48.